The zero-order valence-electron chi connectivity index (χ0n) is 12.6. The van der Waals surface area contributed by atoms with Gasteiger partial charge < -0.3 is 9.47 Å². The fourth-order valence-corrected chi connectivity index (χ4v) is 2.15. The molecule has 0 bridgehead atoms. The highest BCUT2D eigenvalue weighted by Gasteiger charge is 2.31. The summed E-state index contributed by atoms with van der Waals surface area (Å²) in [6, 6.07) is 5.58. The fourth-order valence-electron chi connectivity index (χ4n) is 2.15. The minimum absolute atomic E-state index is 0.195. The third kappa shape index (κ3) is 3.84. The molecule has 0 saturated carbocycles. The number of hydrazone groups is 1. The standard InChI is InChI=1S/C16H20N2O3/c1-5-8-20-12-6-7-13-14(18-17-11(2)19)10-16(3,4)21-15(13)9-12/h5-7,9H,1,8,10H2,2-4H3,(H,17,19)/b18-14+. The molecule has 1 heterocycles. The van der Waals surface area contributed by atoms with Gasteiger partial charge in [0.15, 0.2) is 0 Å². The molecule has 0 aromatic heterocycles. The third-order valence-corrected chi connectivity index (χ3v) is 2.96. The summed E-state index contributed by atoms with van der Waals surface area (Å²) in [6.07, 6.45) is 2.31. The van der Waals surface area contributed by atoms with Crippen molar-refractivity contribution in [3.63, 3.8) is 0 Å². The number of nitrogens with one attached hydrogen (secondary N) is 1. The van der Waals surface area contributed by atoms with E-state index in [1.54, 1.807) is 6.08 Å². The maximum Gasteiger partial charge on any atom is 0.236 e. The van der Waals surface area contributed by atoms with E-state index in [1.807, 2.05) is 32.0 Å². The van der Waals surface area contributed by atoms with Crippen molar-refractivity contribution < 1.29 is 14.3 Å². The fraction of sp³-hybridized carbons (Fsp3) is 0.375. The number of ether oxygens (including phenoxy) is 2. The van der Waals surface area contributed by atoms with E-state index in [1.165, 1.54) is 6.92 Å². The molecule has 5 nitrogen and oxygen atoms in total. The first kappa shape index (κ1) is 15.1. The van der Waals surface area contributed by atoms with Gasteiger partial charge in [-0.1, -0.05) is 12.7 Å². The van der Waals surface area contributed by atoms with Crippen LogP contribution in [0.2, 0.25) is 0 Å². The van der Waals surface area contributed by atoms with Crippen LogP contribution in [0.4, 0.5) is 0 Å². The Morgan fingerprint density at radius 1 is 1.57 bits per heavy atom. The van der Waals surface area contributed by atoms with Crippen LogP contribution in [0.25, 0.3) is 0 Å². The second-order valence-electron chi connectivity index (χ2n) is 5.52. The average molecular weight is 288 g/mol. The number of amides is 1. The summed E-state index contributed by atoms with van der Waals surface area (Å²) in [5.74, 6) is 1.22. The van der Waals surface area contributed by atoms with Crippen LogP contribution in [0.15, 0.2) is 36.0 Å². The van der Waals surface area contributed by atoms with Gasteiger partial charge in [0.25, 0.3) is 0 Å². The van der Waals surface area contributed by atoms with E-state index in [9.17, 15) is 4.79 Å². The zero-order valence-corrected chi connectivity index (χ0v) is 12.6. The van der Waals surface area contributed by atoms with Crippen LogP contribution in [0.1, 0.15) is 32.8 Å². The highest BCUT2D eigenvalue weighted by atomic mass is 16.5. The van der Waals surface area contributed by atoms with Crippen molar-refractivity contribution in [2.24, 2.45) is 5.10 Å². The summed E-state index contributed by atoms with van der Waals surface area (Å²) in [6.45, 7) is 9.46. The smallest absolute Gasteiger partial charge is 0.236 e. The van der Waals surface area contributed by atoms with Gasteiger partial charge in [-0.3, -0.25) is 4.79 Å². The lowest BCUT2D eigenvalue weighted by Crippen LogP contribution is -2.37. The first-order chi connectivity index (χ1) is 9.91. The summed E-state index contributed by atoms with van der Waals surface area (Å²) in [5.41, 5.74) is 3.77. The number of fused-ring (bicyclic) bond motifs is 1. The van der Waals surface area contributed by atoms with Crippen LogP contribution in [0, 0.1) is 0 Å². The Morgan fingerprint density at radius 3 is 3.00 bits per heavy atom. The van der Waals surface area contributed by atoms with Gasteiger partial charge >= 0.3 is 0 Å². The van der Waals surface area contributed by atoms with Gasteiger partial charge in [0, 0.05) is 25.0 Å². The van der Waals surface area contributed by atoms with E-state index in [-0.39, 0.29) is 11.5 Å². The van der Waals surface area contributed by atoms with Crippen molar-refractivity contribution in [1.82, 2.24) is 5.43 Å². The average Bonchev–Trinajstić information content (AvgIpc) is 2.40. The van der Waals surface area contributed by atoms with E-state index in [4.69, 9.17) is 9.47 Å². The molecule has 112 valence electrons. The molecule has 0 aliphatic carbocycles. The second kappa shape index (κ2) is 5.99. The zero-order chi connectivity index (χ0) is 15.5. The molecule has 1 N–H and O–H groups in total. The highest BCUT2D eigenvalue weighted by Crippen LogP contribution is 2.35. The Kier molecular flexibility index (Phi) is 4.31. The van der Waals surface area contributed by atoms with Crippen molar-refractivity contribution in [3.8, 4) is 11.5 Å². The maximum absolute atomic E-state index is 11.1. The molecule has 21 heavy (non-hydrogen) atoms. The molecular formula is C16H20N2O3. The van der Waals surface area contributed by atoms with Crippen LogP contribution in [-0.4, -0.2) is 23.8 Å². The SMILES string of the molecule is C=CCOc1ccc2c(c1)OC(C)(C)C/C2=N\NC(C)=O. The Bertz CT molecular complexity index is 591. The molecule has 1 aromatic rings. The number of nitrogens with zero attached hydrogens (tertiary/aromatic N) is 1. The summed E-state index contributed by atoms with van der Waals surface area (Å²) < 4.78 is 11.5. The molecule has 0 fully saturated rings. The second-order valence-corrected chi connectivity index (χ2v) is 5.52. The van der Waals surface area contributed by atoms with E-state index in [2.05, 4.69) is 17.1 Å². The molecule has 0 atom stereocenters. The molecule has 2 rings (SSSR count). The molecule has 1 aliphatic rings. The van der Waals surface area contributed by atoms with E-state index in [0.29, 0.717) is 24.5 Å². The number of hydrogen-bond acceptors (Lipinski definition) is 4. The summed E-state index contributed by atoms with van der Waals surface area (Å²) in [4.78, 5) is 11.1. The molecule has 5 heteroatoms. The Labute approximate surface area is 124 Å². The third-order valence-electron chi connectivity index (χ3n) is 2.96. The Morgan fingerprint density at radius 2 is 2.33 bits per heavy atom. The van der Waals surface area contributed by atoms with Gasteiger partial charge in [0.1, 0.15) is 23.7 Å². The summed E-state index contributed by atoms with van der Waals surface area (Å²) in [7, 11) is 0. The molecule has 0 spiro atoms. The number of hydrogen-bond donors (Lipinski definition) is 1. The normalized spacial score (nSPS) is 17.6. The number of rotatable bonds is 4. The monoisotopic (exact) mass is 288 g/mol. The predicted molar refractivity (Wildman–Crippen MR) is 81.8 cm³/mol. The number of benzene rings is 1. The van der Waals surface area contributed by atoms with E-state index in [0.717, 1.165) is 11.3 Å². The molecule has 1 aromatic carbocycles. The topological polar surface area (TPSA) is 59.9 Å². The Hall–Kier alpha value is -2.30. The van der Waals surface area contributed by atoms with Crippen molar-refractivity contribution >= 4 is 11.6 Å². The van der Waals surface area contributed by atoms with Gasteiger partial charge in [-0.05, 0) is 26.0 Å². The van der Waals surface area contributed by atoms with Gasteiger partial charge in [-0.2, -0.15) is 5.10 Å². The molecule has 1 amide bonds. The summed E-state index contributed by atoms with van der Waals surface area (Å²) in [5, 5.41) is 4.19. The van der Waals surface area contributed by atoms with Gasteiger partial charge in [0.05, 0.1) is 5.71 Å². The predicted octanol–water partition coefficient (Wildman–Crippen LogP) is 2.65. The lowest BCUT2D eigenvalue weighted by molar-refractivity contribution is -0.118. The van der Waals surface area contributed by atoms with Crippen molar-refractivity contribution in [3.05, 3.63) is 36.4 Å². The van der Waals surface area contributed by atoms with Crippen molar-refractivity contribution in [2.75, 3.05) is 6.61 Å². The summed E-state index contributed by atoms with van der Waals surface area (Å²) >= 11 is 0. The molecule has 0 saturated heterocycles. The van der Waals surface area contributed by atoms with Crippen LogP contribution >= 0.6 is 0 Å². The molecule has 1 aliphatic heterocycles. The van der Waals surface area contributed by atoms with E-state index < -0.39 is 0 Å². The number of carbonyl (C=O) groups excluding carboxylic acids is 1. The first-order valence-electron chi connectivity index (χ1n) is 6.81. The minimum Gasteiger partial charge on any atom is -0.489 e. The van der Waals surface area contributed by atoms with Crippen LogP contribution in [0.3, 0.4) is 0 Å². The van der Waals surface area contributed by atoms with Gasteiger partial charge in [-0.15, -0.1) is 0 Å². The molecular weight excluding hydrogens is 268 g/mol. The first-order valence-corrected chi connectivity index (χ1v) is 6.81. The van der Waals surface area contributed by atoms with Gasteiger partial charge in [0.2, 0.25) is 5.91 Å². The van der Waals surface area contributed by atoms with E-state index >= 15 is 0 Å². The molecule has 0 unspecified atom stereocenters. The Balaban J connectivity index is 2.35. The van der Waals surface area contributed by atoms with Crippen molar-refractivity contribution in [2.45, 2.75) is 32.8 Å². The van der Waals surface area contributed by atoms with Gasteiger partial charge in [-0.25, -0.2) is 5.43 Å². The van der Waals surface area contributed by atoms with Crippen LogP contribution < -0.4 is 14.9 Å². The maximum atomic E-state index is 11.1. The largest absolute Gasteiger partial charge is 0.489 e. The quantitative estimate of drug-likeness (QED) is 0.684. The highest BCUT2D eigenvalue weighted by molar-refractivity contribution is 6.04. The van der Waals surface area contributed by atoms with Crippen molar-refractivity contribution in [1.29, 1.82) is 0 Å². The lowest BCUT2D eigenvalue weighted by atomic mass is 9.92. The molecule has 0 radical (unpaired) electrons. The van der Waals surface area contributed by atoms with Crippen LogP contribution in [0.5, 0.6) is 11.5 Å². The van der Waals surface area contributed by atoms with Crippen LogP contribution in [-0.2, 0) is 4.79 Å². The lowest BCUT2D eigenvalue weighted by Gasteiger charge is -2.33. The number of carbonyl (C=O) groups is 1. The minimum atomic E-state index is -0.388.